The van der Waals surface area contributed by atoms with Crippen molar-refractivity contribution in [1.29, 1.82) is 0 Å². The van der Waals surface area contributed by atoms with E-state index in [9.17, 15) is 38.4 Å². The number of benzene rings is 10. The fraction of sp³-hybridized carbons (Fsp3) is 0.0933. The minimum atomic E-state index is -0.489. The second-order valence-corrected chi connectivity index (χ2v) is 22.9. The van der Waals surface area contributed by atoms with Crippen LogP contribution in [0.15, 0.2) is 218 Å². The van der Waals surface area contributed by atoms with Crippen molar-refractivity contribution < 1.29 is 62.0 Å². The van der Waals surface area contributed by atoms with Gasteiger partial charge in [-0.25, -0.2) is 9.80 Å². The topological polar surface area (TPSA) is 196 Å². The number of imide groups is 4. The Morgan fingerprint density at radius 1 is 0.250 bits per heavy atom. The third-order valence-electron chi connectivity index (χ3n) is 16.4. The van der Waals surface area contributed by atoms with E-state index < -0.39 is 35.4 Å². The molecule has 0 bridgehead atoms. The van der Waals surface area contributed by atoms with Crippen LogP contribution in [0, 0.1) is 13.8 Å². The molecule has 92 heavy (non-hydrogen) atoms. The molecule has 0 fully saturated rings. The number of nitrogens with zero attached hydrogens (tertiary/aromatic N) is 4. The maximum atomic E-state index is 13.5. The van der Waals surface area contributed by atoms with Crippen molar-refractivity contribution in [2.24, 2.45) is 0 Å². The number of carbonyl (C=O) groups is 8. The summed E-state index contributed by atoms with van der Waals surface area (Å²) in [6.45, 7) is 8.38. The maximum Gasteiger partial charge on any atom is 0.266 e. The number of anilines is 2. The predicted octanol–water partition coefficient (Wildman–Crippen LogP) is 15.3. The lowest BCUT2D eigenvalue weighted by molar-refractivity contribution is 0.0677. The van der Waals surface area contributed by atoms with Crippen molar-refractivity contribution in [2.45, 2.75) is 33.1 Å². The molecule has 0 spiro atoms. The van der Waals surface area contributed by atoms with Crippen LogP contribution in [0.4, 0.5) is 11.4 Å². The first-order valence-electron chi connectivity index (χ1n) is 29.2. The van der Waals surface area contributed by atoms with Gasteiger partial charge in [-0.1, -0.05) is 73.5 Å². The van der Waals surface area contributed by atoms with Crippen LogP contribution in [0.3, 0.4) is 0 Å². The summed E-state index contributed by atoms with van der Waals surface area (Å²) in [4.78, 5) is 107. The molecule has 0 saturated heterocycles. The highest BCUT2D eigenvalue weighted by atomic mass is 16.5. The van der Waals surface area contributed by atoms with Gasteiger partial charge in [0.15, 0.2) is 0 Å². The molecule has 17 heteroatoms. The van der Waals surface area contributed by atoms with Crippen LogP contribution < -0.4 is 33.5 Å². The molecule has 0 unspecified atom stereocenters. The first-order chi connectivity index (χ1) is 44.3. The van der Waals surface area contributed by atoms with Crippen LogP contribution >= 0.6 is 0 Å². The van der Waals surface area contributed by atoms with E-state index in [2.05, 4.69) is 26.0 Å². The normalized spacial score (nSPS) is 13.8. The summed E-state index contributed by atoms with van der Waals surface area (Å²) in [6, 6.07) is 63.6. The van der Waals surface area contributed by atoms with Gasteiger partial charge in [-0.2, -0.15) is 0 Å². The zero-order valence-corrected chi connectivity index (χ0v) is 50.4. The molecule has 4 heterocycles. The molecule has 0 saturated carbocycles. The lowest BCUT2D eigenvalue weighted by Crippen LogP contribution is -2.29. The standard InChI is InChI=1S/C45H34N2O7.C30H20N2O6/c1-27-5-13-31(14-6-27)52-32-15-7-28(8-16-32)45(2,3)29-9-17-33(18-10-29)53-34-19-11-30(12-20-34)47-43(50)38-24-22-36(26-40(38)44(47)51)54-35-21-23-37-39(25-35)42(49)46(4)41(37)48;1-17-3-7-19(8-4-17)37-20-9-5-18(6-10-20)32-29(35)24-14-12-22(16-26(24)30(32)36)38-21-11-13-23-25(15-21)28(34)31(2)27(23)33/h5-26H,1-4H3;3-16H,1-2H3. The van der Waals surface area contributed by atoms with E-state index in [0.717, 1.165) is 47.8 Å². The Morgan fingerprint density at radius 2 is 0.457 bits per heavy atom. The third kappa shape index (κ3) is 11.0. The van der Waals surface area contributed by atoms with Gasteiger partial charge < -0.3 is 23.7 Å². The predicted molar refractivity (Wildman–Crippen MR) is 342 cm³/mol. The molecule has 0 aromatic heterocycles. The summed E-state index contributed by atoms with van der Waals surface area (Å²) in [7, 11) is 2.84. The summed E-state index contributed by atoms with van der Waals surface area (Å²) in [5, 5.41) is 0. The average Bonchev–Trinajstić information content (AvgIpc) is 1.70. The monoisotopic (exact) mass is 1220 g/mol. The second-order valence-electron chi connectivity index (χ2n) is 22.9. The zero-order valence-electron chi connectivity index (χ0n) is 50.4. The number of rotatable bonds is 14. The van der Waals surface area contributed by atoms with E-state index in [1.807, 2.05) is 98.8 Å². The van der Waals surface area contributed by atoms with Crippen molar-refractivity contribution >= 4 is 58.6 Å². The molecule has 0 N–H and O–H groups in total. The van der Waals surface area contributed by atoms with Crippen LogP contribution in [0.5, 0.6) is 57.5 Å². The Hall–Kier alpha value is -12.2. The lowest BCUT2D eigenvalue weighted by Gasteiger charge is -2.26. The minimum absolute atomic E-state index is 0.194. The number of hydrogen-bond donors (Lipinski definition) is 0. The summed E-state index contributed by atoms with van der Waals surface area (Å²) in [5.74, 6) is 1.88. The van der Waals surface area contributed by atoms with Crippen LogP contribution in [-0.4, -0.2) is 71.2 Å². The zero-order chi connectivity index (χ0) is 64.3. The van der Waals surface area contributed by atoms with Crippen LogP contribution in [0.1, 0.15) is 119 Å². The molecule has 10 aromatic rings. The molecule has 4 aliphatic rings. The smallest absolute Gasteiger partial charge is 0.266 e. The molecule has 4 aliphatic heterocycles. The fourth-order valence-corrected chi connectivity index (χ4v) is 11.1. The summed E-state index contributed by atoms with van der Waals surface area (Å²) >= 11 is 0. The van der Waals surface area contributed by atoms with Crippen LogP contribution in [-0.2, 0) is 5.41 Å². The Morgan fingerprint density at radius 3 is 0.750 bits per heavy atom. The summed E-state index contributed by atoms with van der Waals surface area (Å²) < 4.78 is 29.8. The molecule has 0 radical (unpaired) electrons. The van der Waals surface area contributed by atoms with Gasteiger partial charge in [-0.15, -0.1) is 0 Å². The number of ether oxygens (including phenoxy) is 5. The number of fused-ring (bicyclic) bond motifs is 4. The highest BCUT2D eigenvalue weighted by Crippen LogP contribution is 2.40. The summed E-state index contributed by atoms with van der Waals surface area (Å²) in [6.07, 6.45) is 0. The molecular formula is C75H54N4O13. The molecule has 452 valence electrons. The molecular weight excluding hydrogens is 1160 g/mol. The number of carbonyl (C=O) groups excluding carboxylic acids is 8. The third-order valence-corrected chi connectivity index (χ3v) is 16.4. The molecule has 14 rings (SSSR count). The number of aryl methyl sites for hydroxylation is 2. The SMILES string of the molecule is Cc1ccc(Oc2ccc(C(C)(C)c3ccc(Oc4ccc(N5C(=O)c6ccc(Oc7ccc8c(c7)C(=O)N(C)C8=O)cc6C5=O)cc4)cc3)cc2)cc1.Cc1ccc(Oc2ccc(N3C(=O)c4ccc(Oc5ccc6c(c5)C(=O)N(C)C6=O)cc4C3=O)cc2)cc1. The van der Waals surface area contributed by atoms with E-state index in [4.69, 9.17) is 23.7 Å². The van der Waals surface area contributed by atoms with Crippen LogP contribution in [0.25, 0.3) is 0 Å². The number of hydrogen-bond acceptors (Lipinski definition) is 13. The van der Waals surface area contributed by atoms with Gasteiger partial charge in [0, 0.05) is 19.5 Å². The fourth-order valence-electron chi connectivity index (χ4n) is 11.1. The Labute approximate surface area is 527 Å². The first-order valence-corrected chi connectivity index (χ1v) is 29.2. The van der Waals surface area contributed by atoms with Gasteiger partial charge in [-0.05, 0) is 195 Å². The minimum Gasteiger partial charge on any atom is -0.457 e. The molecule has 10 aromatic carbocycles. The van der Waals surface area contributed by atoms with Crippen molar-refractivity contribution in [2.75, 3.05) is 23.9 Å². The molecule has 0 atom stereocenters. The quantitative estimate of drug-likeness (QED) is 0.0934. The van der Waals surface area contributed by atoms with Gasteiger partial charge in [0.1, 0.15) is 57.5 Å². The Balaban J connectivity index is 0.000000178. The van der Waals surface area contributed by atoms with E-state index in [1.54, 1.807) is 78.9 Å². The molecule has 17 nitrogen and oxygen atoms in total. The van der Waals surface area contributed by atoms with E-state index in [-0.39, 0.29) is 50.6 Å². The molecule has 8 amide bonds. The van der Waals surface area contributed by atoms with Crippen molar-refractivity contribution in [3.8, 4) is 57.5 Å². The second kappa shape index (κ2) is 23.4. The van der Waals surface area contributed by atoms with Gasteiger partial charge in [0.25, 0.3) is 47.3 Å². The molecule has 0 aliphatic carbocycles. The first kappa shape index (κ1) is 58.8. The Bertz CT molecular complexity index is 4720. The lowest BCUT2D eigenvalue weighted by atomic mass is 9.78. The van der Waals surface area contributed by atoms with Gasteiger partial charge in [-0.3, -0.25) is 48.2 Å². The van der Waals surface area contributed by atoms with Gasteiger partial charge in [0.05, 0.1) is 55.9 Å². The van der Waals surface area contributed by atoms with E-state index >= 15 is 0 Å². The van der Waals surface area contributed by atoms with Crippen molar-refractivity contribution in [3.05, 3.63) is 285 Å². The Kier molecular flexibility index (Phi) is 14.9. The van der Waals surface area contributed by atoms with Crippen LogP contribution in [0.2, 0.25) is 0 Å². The van der Waals surface area contributed by atoms with E-state index in [0.29, 0.717) is 68.5 Å². The largest absolute Gasteiger partial charge is 0.457 e. The highest BCUT2D eigenvalue weighted by molar-refractivity contribution is 6.35. The van der Waals surface area contributed by atoms with E-state index in [1.165, 1.54) is 62.1 Å². The highest BCUT2D eigenvalue weighted by Gasteiger charge is 2.40. The maximum absolute atomic E-state index is 13.5. The van der Waals surface area contributed by atoms with Gasteiger partial charge >= 0.3 is 0 Å². The van der Waals surface area contributed by atoms with Gasteiger partial charge in [0.2, 0.25) is 0 Å². The van der Waals surface area contributed by atoms with Crippen molar-refractivity contribution in [3.63, 3.8) is 0 Å². The summed E-state index contributed by atoms with van der Waals surface area (Å²) in [5.41, 5.74) is 7.13. The van der Waals surface area contributed by atoms with Crippen molar-refractivity contribution in [1.82, 2.24) is 9.80 Å². The average molecular weight is 1220 g/mol. The number of amides is 8.